The van der Waals surface area contributed by atoms with Crippen molar-refractivity contribution in [2.75, 3.05) is 24.7 Å². The number of hydrogen-bond acceptors (Lipinski definition) is 4. The Hall–Kier alpha value is 0.620. The minimum Gasteiger partial charge on any atom is -0.377 e. The molecule has 94 valence electrons. The Morgan fingerprint density at radius 3 is 1.62 bits per heavy atom. The molecule has 0 spiro atoms. The van der Waals surface area contributed by atoms with Gasteiger partial charge in [0, 0.05) is 35.2 Å². The summed E-state index contributed by atoms with van der Waals surface area (Å²) in [5.74, 6) is 2.51. The van der Waals surface area contributed by atoms with E-state index in [1.165, 1.54) is 24.3 Å². The predicted octanol–water partition coefficient (Wildman–Crippen LogP) is 2.81. The molecule has 16 heavy (non-hydrogen) atoms. The van der Waals surface area contributed by atoms with E-state index in [0.717, 1.165) is 23.7 Å². The summed E-state index contributed by atoms with van der Waals surface area (Å²) < 4.78 is 11.1. The van der Waals surface area contributed by atoms with Gasteiger partial charge < -0.3 is 9.47 Å². The van der Waals surface area contributed by atoms with E-state index in [4.69, 9.17) is 9.47 Å². The molecule has 0 aromatic carbocycles. The minimum atomic E-state index is 0.462. The Balaban J connectivity index is 1.54. The van der Waals surface area contributed by atoms with Gasteiger partial charge in [0.05, 0.1) is 12.2 Å². The largest absolute Gasteiger partial charge is 0.377 e. The van der Waals surface area contributed by atoms with E-state index >= 15 is 0 Å². The SMILES string of the molecule is C[C@@H]1OCC[C@@H]1SCCS[C@@H]1CCO[C@H]1C. The van der Waals surface area contributed by atoms with Crippen molar-refractivity contribution in [2.24, 2.45) is 0 Å². The van der Waals surface area contributed by atoms with Crippen LogP contribution in [0.5, 0.6) is 0 Å². The van der Waals surface area contributed by atoms with Crippen LogP contribution in [0.15, 0.2) is 0 Å². The van der Waals surface area contributed by atoms with Crippen molar-refractivity contribution in [3.63, 3.8) is 0 Å². The van der Waals surface area contributed by atoms with Gasteiger partial charge in [-0.15, -0.1) is 0 Å². The highest BCUT2D eigenvalue weighted by atomic mass is 32.2. The van der Waals surface area contributed by atoms with Gasteiger partial charge in [-0.1, -0.05) is 0 Å². The van der Waals surface area contributed by atoms with Gasteiger partial charge in [0.25, 0.3) is 0 Å². The van der Waals surface area contributed by atoms with Crippen LogP contribution in [0.1, 0.15) is 26.7 Å². The Morgan fingerprint density at radius 1 is 0.875 bits per heavy atom. The standard InChI is InChI=1S/C12H22O2S2/c1-9-11(3-5-13-9)15-7-8-16-12-4-6-14-10(12)2/h9-12H,3-8H2,1-2H3/t9-,10-,11-,12+/m0/s1. The maximum atomic E-state index is 5.57. The molecule has 4 heteroatoms. The molecule has 2 aliphatic rings. The van der Waals surface area contributed by atoms with Gasteiger partial charge in [0.15, 0.2) is 0 Å². The lowest BCUT2D eigenvalue weighted by atomic mass is 10.3. The van der Waals surface area contributed by atoms with Crippen molar-refractivity contribution in [3.05, 3.63) is 0 Å². The highest BCUT2D eigenvalue weighted by Crippen LogP contribution is 2.30. The summed E-state index contributed by atoms with van der Waals surface area (Å²) in [6.07, 6.45) is 3.39. The molecule has 0 aromatic heterocycles. The molecule has 0 aliphatic carbocycles. The summed E-state index contributed by atoms with van der Waals surface area (Å²) in [5.41, 5.74) is 0. The van der Waals surface area contributed by atoms with E-state index in [9.17, 15) is 0 Å². The molecule has 0 unspecified atom stereocenters. The van der Waals surface area contributed by atoms with Crippen LogP contribution in [0, 0.1) is 0 Å². The third kappa shape index (κ3) is 3.56. The number of ether oxygens (including phenoxy) is 2. The molecule has 2 aliphatic heterocycles. The Kier molecular flexibility index (Phi) is 5.33. The second kappa shape index (κ2) is 6.53. The summed E-state index contributed by atoms with van der Waals surface area (Å²) >= 11 is 4.18. The molecule has 2 rings (SSSR count). The van der Waals surface area contributed by atoms with Crippen molar-refractivity contribution in [2.45, 2.75) is 49.4 Å². The second-order valence-electron chi connectivity index (χ2n) is 4.55. The average Bonchev–Trinajstić information content (AvgIpc) is 2.84. The summed E-state index contributed by atoms with van der Waals surface area (Å²) in [5, 5.41) is 1.47. The predicted molar refractivity (Wildman–Crippen MR) is 72.6 cm³/mol. The Morgan fingerprint density at radius 2 is 1.31 bits per heavy atom. The highest BCUT2D eigenvalue weighted by Gasteiger charge is 2.26. The van der Waals surface area contributed by atoms with Gasteiger partial charge in [-0.3, -0.25) is 0 Å². The van der Waals surface area contributed by atoms with Crippen LogP contribution >= 0.6 is 23.5 Å². The molecular weight excluding hydrogens is 240 g/mol. The van der Waals surface area contributed by atoms with Gasteiger partial charge in [0.1, 0.15) is 0 Å². The molecule has 4 atom stereocenters. The van der Waals surface area contributed by atoms with Crippen molar-refractivity contribution < 1.29 is 9.47 Å². The smallest absolute Gasteiger partial charge is 0.0666 e. The zero-order valence-corrected chi connectivity index (χ0v) is 11.8. The maximum absolute atomic E-state index is 5.57. The van der Waals surface area contributed by atoms with Crippen molar-refractivity contribution >= 4 is 23.5 Å². The van der Waals surface area contributed by atoms with Gasteiger partial charge in [-0.2, -0.15) is 23.5 Å². The third-order valence-corrected chi connectivity index (χ3v) is 6.59. The summed E-state index contributed by atoms with van der Waals surface area (Å²) in [7, 11) is 0. The molecule has 0 amide bonds. The number of hydrogen-bond donors (Lipinski definition) is 0. The first kappa shape index (κ1) is 13.1. The summed E-state index contributed by atoms with van der Waals surface area (Å²) in [6, 6.07) is 0. The fraction of sp³-hybridized carbons (Fsp3) is 1.00. The molecule has 2 heterocycles. The first-order valence-electron chi connectivity index (χ1n) is 6.24. The third-order valence-electron chi connectivity index (χ3n) is 3.36. The molecule has 2 saturated heterocycles. The van der Waals surface area contributed by atoms with E-state index < -0.39 is 0 Å². The van der Waals surface area contributed by atoms with Gasteiger partial charge in [0.2, 0.25) is 0 Å². The zero-order valence-electron chi connectivity index (χ0n) is 10.2. The fourth-order valence-electron chi connectivity index (χ4n) is 2.26. The lowest BCUT2D eigenvalue weighted by Gasteiger charge is -2.15. The quantitative estimate of drug-likeness (QED) is 0.709. The molecule has 0 aromatic rings. The van der Waals surface area contributed by atoms with Crippen LogP contribution in [0.4, 0.5) is 0 Å². The highest BCUT2D eigenvalue weighted by molar-refractivity contribution is 8.03. The number of thioether (sulfide) groups is 2. The zero-order chi connectivity index (χ0) is 11.4. The lowest BCUT2D eigenvalue weighted by Crippen LogP contribution is -2.16. The monoisotopic (exact) mass is 262 g/mol. The normalized spacial score (nSPS) is 39.4. The lowest BCUT2D eigenvalue weighted by molar-refractivity contribution is 0.127. The van der Waals surface area contributed by atoms with Crippen LogP contribution in [-0.4, -0.2) is 47.4 Å². The Labute approximate surface area is 107 Å². The summed E-state index contributed by atoms with van der Waals surface area (Å²) in [4.78, 5) is 0. The van der Waals surface area contributed by atoms with Gasteiger partial charge >= 0.3 is 0 Å². The van der Waals surface area contributed by atoms with Crippen molar-refractivity contribution in [1.29, 1.82) is 0 Å². The van der Waals surface area contributed by atoms with Crippen LogP contribution in [0.25, 0.3) is 0 Å². The topological polar surface area (TPSA) is 18.5 Å². The van der Waals surface area contributed by atoms with Crippen LogP contribution in [0.2, 0.25) is 0 Å². The molecule has 2 fully saturated rings. The van der Waals surface area contributed by atoms with Gasteiger partial charge in [-0.25, -0.2) is 0 Å². The average molecular weight is 262 g/mol. The van der Waals surface area contributed by atoms with Gasteiger partial charge in [-0.05, 0) is 26.7 Å². The molecule has 0 saturated carbocycles. The fourth-order valence-corrected chi connectivity index (χ4v) is 4.86. The van der Waals surface area contributed by atoms with E-state index in [2.05, 4.69) is 37.4 Å². The van der Waals surface area contributed by atoms with E-state index in [-0.39, 0.29) is 0 Å². The Bertz CT molecular complexity index is 191. The first-order chi connectivity index (χ1) is 7.77. The van der Waals surface area contributed by atoms with Crippen molar-refractivity contribution in [3.8, 4) is 0 Å². The molecule has 0 bridgehead atoms. The van der Waals surface area contributed by atoms with Crippen LogP contribution in [-0.2, 0) is 9.47 Å². The van der Waals surface area contributed by atoms with Crippen molar-refractivity contribution in [1.82, 2.24) is 0 Å². The van der Waals surface area contributed by atoms with Crippen LogP contribution < -0.4 is 0 Å². The first-order valence-corrected chi connectivity index (χ1v) is 8.33. The molecular formula is C12H22O2S2. The molecule has 0 radical (unpaired) electrons. The summed E-state index contributed by atoms with van der Waals surface area (Å²) in [6.45, 7) is 6.31. The van der Waals surface area contributed by atoms with Crippen LogP contribution in [0.3, 0.4) is 0 Å². The molecule has 2 nitrogen and oxygen atoms in total. The van der Waals surface area contributed by atoms with E-state index in [0.29, 0.717) is 12.2 Å². The van der Waals surface area contributed by atoms with E-state index in [1.807, 2.05) is 0 Å². The maximum Gasteiger partial charge on any atom is 0.0666 e. The van der Waals surface area contributed by atoms with E-state index in [1.54, 1.807) is 0 Å². The second-order valence-corrected chi connectivity index (χ2v) is 7.24. The molecule has 0 N–H and O–H groups in total. The minimum absolute atomic E-state index is 0.462. The number of rotatable bonds is 5.